The van der Waals surface area contributed by atoms with Crippen LogP contribution < -0.4 is 0 Å². The van der Waals surface area contributed by atoms with Gasteiger partial charge in [-0.25, -0.2) is 13.1 Å². The van der Waals surface area contributed by atoms with E-state index in [4.69, 9.17) is 11.6 Å². The Kier molecular flexibility index (Phi) is 5.05. The maximum atomic E-state index is 13.1. The molecule has 0 amide bonds. The number of benzene rings is 2. The predicted molar refractivity (Wildman–Crippen MR) is 114 cm³/mol. The van der Waals surface area contributed by atoms with Gasteiger partial charge in [-0.05, 0) is 35.4 Å². The summed E-state index contributed by atoms with van der Waals surface area (Å²) in [5, 5.41) is 17.0. The van der Waals surface area contributed by atoms with Crippen molar-refractivity contribution >= 4 is 21.6 Å². The summed E-state index contributed by atoms with van der Waals surface area (Å²) in [5.74, 6) is 0. The molecule has 1 saturated heterocycles. The monoisotopic (exact) mass is 455 g/mol. The fourth-order valence-corrected chi connectivity index (χ4v) is 5.13. The third kappa shape index (κ3) is 3.97. The van der Waals surface area contributed by atoms with Crippen LogP contribution in [0.3, 0.4) is 0 Å². The van der Waals surface area contributed by atoms with E-state index in [0.717, 1.165) is 11.1 Å². The maximum Gasteiger partial charge on any atom is 0.243 e. The van der Waals surface area contributed by atoms with Crippen molar-refractivity contribution in [1.29, 1.82) is 0 Å². The lowest BCUT2D eigenvalue weighted by atomic mass is 10.1. The van der Waals surface area contributed by atoms with Crippen molar-refractivity contribution in [2.24, 2.45) is 0 Å². The molecular weight excluding hydrogens is 438 g/mol. The molecule has 0 saturated carbocycles. The molecule has 0 atom stereocenters. The minimum atomic E-state index is -3.59. The Balaban J connectivity index is 1.28. The SMILES string of the molecule is O=S(=O)(c1cccc(-c2ccc(Cl)cc2)c1)N1CC(n2cc(Cn3nccn3)nn2)C1. The Morgan fingerprint density at radius 2 is 1.74 bits per heavy atom. The molecular formula is C20H18ClN7O2S. The highest BCUT2D eigenvalue weighted by atomic mass is 35.5. The molecule has 31 heavy (non-hydrogen) atoms. The molecule has 1 aliphatic heterocycles. The summed E-state index contributed by atoms with van der Waals surface area (Å²) in [5.41, 5.74) is 2.45. The topological polar surface area (TPSA) is 98.8 Å². The van der Waals surface area contributed by atoms with Gasteiger partial charge >= 0.3 is 0 Å². The van der Waals surface area contributed by atoms with E-state index in [-0.39, 0.29) is 10.9 Å². The van der Waals surface area contributed by atoms with Crippen LogP contribution in [-0.4, -0.2) is 55.8 Å². The van der Waals surface area contributed by atoms with Gasteiger partial charge in [-0.1, -0.05) is 41.1 Å². The van der Waals surface area contributed by atoms with Crippen molar-refractivity contribution in [1.82, 2.24) is 34.3 Å². The second kappa shape index (κ2) is 7.88. The third-order valence-electron chi connectivity index (χ3n) is 5.18. The number of nitrogens with zero attached hydrogens (tertiary/aromatic N) is 7. The molecule has 0 bridgehead atoms. The van der Waals surface area contributed by atoms with E-state index >= 15 is 0 Å². The lowest BCUT2D eigenvalue weighted by Crippen LogP contribution is -2.50. The summed E-state index contributed by atoms with van der Waals surface area (Å²) in [4.78, 5) is 1.78. The molecule has 0 N–H and O–H groups in total. The maximum absolute atomic E-state index is 13.1. The molecule has 5 rings (SSSR count). The van der Waals surface area contributed by atoms with E-state index in [1.807, 2.05) is 18.2 Å². The molecule has 11 heteroatoms. The van der Waals surface area contributed by atoms with Gasteiger partial charge in [0.25, 0.3) is 0 Å². The Morgan fingerprint density at radius 3 is 2.48 bits per heavy atom. The summed E-state index contributed by atoms with van der Waals surface area (Å²) < 4.78 is 29.3. The number of hydrogen-bond acceptors (Lipinski definition) is 6. The van der Waals surface area contributed by atoms with Crippen LogP contribution in [0, 0.1) is 0 Å². The molecule has 2 aromatic heterocycles. The molecule has 0 aliphatic carbocycles. The van der Waals surface area contributed by atoms with Gasteiger partial charge in [-0.2, -0.15) is 19.3 Å². The lowest BCUT2D eigenvalue weighted by molar-refractivity contribution is 0.189. The van der Waals surface area contributed by atoms with Gasteiger partial charge < -0.3 is 0 Å². The standard InChI is InChI=1S/C20H18ClN7O2S/c21-17-6-4-15(5-7-17)16-2-1-3-20(10-16)31(29,30)26-13-19(14-26)27-11-18(24-25-27)12-28-22-8-9-23-28/h1-11,19H,12-14H2. The van der Waals surface area contributed by atoms with Gasteiger partial charge in [0, 0.05) is 18.1 Å². The van der Waals surface area contributed by atoms with Crippen molar-refractivity contribution in [3.63, 3.8) is 0 Å². The number of halogens is 1. The van der Waals surface area contributed by atoms with Crippen LogP contribution in [0.4, 0.5) is 0 Å². The first-order valence-corrected chi connectivity index (χ1v) is 11.4. The zero-order valence-corrected chi connectivity index (χ0v) is 17.9. The molecule has 1 aliphatic rings. The largest absolute Gasteiger partial charge is 0.246 e. The highest BCUT2D eigenvalue weighted by molar-refractivity contribution is 7.89. The quantitative estimate of drug-likeness (QED) is 0.443. The fourth-order valence-electron chi connectivity index (χ4n) is 3.44. The summed E-state index contributed by atoms with van der Waals surface area (Å²) >= 11 is 5.95. The van der Waals surface area contributed by atoms with Crippen molar-refractivity contribution in [2.45, 2.75) is 17.5 Å². The van der Waals surface area contributed by atoms with E-state index in [2.05, 4.69) is 20.5 Å². The first kappa shape index (κ1) is 19.9. The smallest absolute Gasteiger partial charge is 0.243 e. The highest BCUT2D eigenvalue weighted by Crippen LogP contribution is 2.30. The average molecular weight is 456 g/mol. The Hall–Kier alpha value is -3.08. The number of hydrogen-bond donors (Lipinski definition) is 0. The molecule has 2 aromatic carbocycles. The molecule has 3 heterocycles. The van der Waals surface area contributed by atoms with Gasteiger partial charge in [0.2, 0.25) is 10.0 Å². The van der Waals surface area contributed by atoms with E-state index in [0.29, 0.717) is 30.4 Å². The molecule has 158 valence electrons. The lowest BCUT2D eigenvalue weighted by Gasteiger charge is -2.37. The average Bonchev–Trinajstić information content (AvgIpc) is 3.40. The van der Waals surface area contributed by atoms with Gasteiger partial charge in [-0.15, -0.1) is 5.10 Å². The minimum Gasteiger partial charge on any atom is -0.246 e. The fraction of sp³-hybridized carbons (Fsp3) is 0.200. The van der Waals surface area contributed by atoms with Crippen LogP contribution >= 0.6 is 11.6 Å². The van der Waals surface area contributed by atoms with E-state index in [1.54, 1.807) is 53.6 Å². The second-order valence-corrected chi connectivity index (χ2v) is 9.63. The van der Waals surface area contributed by atoms with Crippen molar-refractivity contribution in [3.8, 4) is 11.1 Å². The minimum absolute atomic E-state index is 0.0546. The summed E-state index contributed by atoms with van der Waals surface area (Å²) in [6, 6.07) is 14.2. The van der Waals surface area contributed by atoms with Crippen molar-refractivity contribution in [3.05, 3.63) is 77.8 Å². The highest BCUT2D eigenvalue weighted by Gasteiger charge is 2.38. The first-order chi connectivity index (χ1) is 15.0. The number of aromatic nitrogens is 6. The van der Waals surface area contributed by atoms with Crippen LogP contribution in [0.5, 0.6) is 0 Å². The second-order valence-electron chi connectivity index (χ2n) is 7.26. The zero-order valence-electron chi connectivity index (χ0n) is 16.3. The summed E-state index contributed by atoms with van der Waals surface area (Å²) in [6.07, 6.45) is 5.00. The Labute approximate surface area is 183 Å². The molecule has 1 fully saturated rings. The van der Waals surface area contributed by atoms with E-state index in [1.165, 1.54) is 9.10 Å². The third-order valence-corrected chi connectivity index (χ3v) is 7.26. The Bertz CT molecular complexity index is 1300. The molecule has 0 radical (unpaired) electrons. The van der Waals surface area contributed by atoms with Gasteiger partial charge in [0.05, 0.1) is 29.5 Å². The first-order valence-electron chi connectivity index (χ1n) is 9.60. The van der Waals surface area contributed by atoms with Crippen LogP contribution in [0.15, 0.2) is 72.0 Å². The summed E-state index contributed by atoms with van der Waals surface area (Å²) in [7, 11) is -3.59. The van der Waals surface area contributed by atoms with E-state index < -0.39 is 10.0 Å². The number of rotatable bonds is 6. The van der Waals surface area contributed by atoms with Crippen LogP contribution in [0.1, 0.15) is 11.7 Å². The van der Waals surface area contributed by atoms with Crippen LogP contribution in [0.25, 0.3) is 11.1 Å². The van der Waals surface area contributed by atoms with Gasteiger partial charge in [0.1, 0.15) is 12.2 Å². The predicted octanol–water partition coefficient (Wildman–Crippen LogP) is 2.48. The van der Waals surface area contributed by atoms with Crippen molar-refractivity contribution in [2.75, 3.05) is 13.1 Å². The zero-order chi connectivity index (χ0) is 21.4. The Morgan fingerprint density at radius 1 is 1.00 bits per heavy atom. The molecule has 0 unspecified atom stereocenters. The molecule has 4 aromatic rings. The summed E-state index contributed by atoms with van der Waals surface area (Å²) in [6.45, 7) is 1.10. The molecule has 9 nitrogen and oxygen atoms in total. The van der Waals surface area contributed by atoms with Crippen LogP contribution in [0.2, 0.25) is 5.02 Å². The van der Waals surface area contributed by atoms with Gasteiger partial charge in [0.15, 0.2) is 0 Å². The number of sulfonamides is 1. The van der Waals surface area contributed by atoms with E-state index in [9.17, 15) is 8.42 Å². The normalized spacial score (nSPS) is 15.1. The van der Waals surface area contributed by atoms with Gasteiger partial charge in [-0.3, -0.25) is 0 Å². The van der Waals surface area contributed by atoms with Crippen molar-refractivity contribution < 1.29 is 8.42 Å². The molecule has 0 spiro atoms. The van der Waals surface area contributed by atoms with Crippen LogP contribution in [-0.2, 0) is 16.6 Å².